The lowest BCUT2D eigenvalue weighted by Crippen LogP contribution is -2.35. The van der Waals surface area contributed by atoms with Gasteiger partial charge < -0.3 is 10.2 Å². The largest absolute Gasteiger partial charge is 0.352 e. The van der Waals surface area contributed by atoms with Crippen LogP contribution in [0.2, 0.25) is 0 Å². The molecule has 0 radical (unpaired) electrons. The molecule has 0 bridgehead atoms. The third-order valence-corrected chi connectivity index (χ3v) is 2.99. The summed E-state index contributed by atoms with van der Waals surface area (Å²) in [5.41, 5.74) is 4.00. The van der Waals surface area contributed by atoms with E-state index in [1.807, 2.05) is 0 Å². The highest BCUT2D eigenvalue weighted by atomic mass is 15.3. The number of hydrogen-bond donors (Lipinski definition) is 1. The molecule has 0 saturated heterocycles. The standard InChI is InChI=1S/C13H19N3/c1-10-4-5-12(11(2)8-10)9-15-13-14-6-7-16(13)3/h4-5,8H,6-7,9H2,1-3H3,(H,14,15). The van der Waals surface area contributed by atoms with Gasteiger partial charge in [0.15, 0.2) is 5.96 Å². The molecule has 0 fully saturated rings. The van der Waals surface area contributed by atoms with E-state index in [0.29, 0.717) is 0 Å². The lowest BCUT2D eigenvalue weighted by molar-refractivity contribution is 0.534. The van der Waals surface area contributed by atoms with E-state index in [-0.39, 0.29) is 0 Å². The number of guanidine groups is 1. The van der Waals surface area contributed by atoms with Crippen molar-refractivity contribution >= 4 is 5.96 Å². The Balaban J connectivity index is 1.99. The van der Waals surface area contributed by atoms with Crippen molar-refractivity contribution in [1.29, 1.82) is 0 Å². The van der Waals surface area contributed by atoms with E-state index in [2.05, 4.69) is 54.3 Å². The van der Waals surface area contributed by atoms with Crippen LogP contribution in [-0.2, 0) is 6.54 Å². The summed E-state index contributed by atoms with van der Waals surface area (Å²) >= 11 is 0. The molecule has 86 valence electrons. The topological polar surface area (TPSA) is 27.6 Å². The minimum atomic E-state index is 0.856. The molecule has 0 unspecified atom stereocenters. The number of aryl methyl sites for hydroxylation is 2. The fraction of sp³-hybridized carbons (Fsp3) is 0.462. The van der Waals surface area contributed by atoms with Crippen molar-refractivity contribution in [3.05, 3.63) is 34.9 Å². The van der Waals surface area contributed by atoms with Crippen LogP contribution in [0.1, 0.15) is 16.7 Å². The Labute approximate surface area is 97.2 Å². The quantitative estimate of drug-likeness (QED) is 0.816. The molecule has 0 amide bonds. The normalized spacial score (nSPS) is 15.2. The first-order valence-electron chi connectivity index (χ1n) is 5.72. The summed E-state index contributed by atoms with van der Waals surface area (Å²) in [7, 11) is 2.07. The van der Waals surface area contributed by atoms with Gasteiger partial charge in [0.1, 0.15) is 0 Å². The Kier molecular flexibility index (Phi) is 3.13. The van der Waals surface area contributed by atoms with Crippen LogP contribution >= 0.6 is 0 Å². The average molecular weight is 217 g/mol. The highest BCUT2D eigenvalue weighted by Gasteiger charge is 2.11. The summed E-state index contributed by atoms with van der Waals surface area (Å²) in [5.74, 6) is 1.01. The van der Waals surface area contributed by atoms with Crippen molar-refractivity contribution in [2.75, 3.05) is 20.1 Å². The third-order valence-electron chi connectivity index (χ3n) is 2.99. The van der Waals surface area contributed by atoms with Gasteiger partial charge in [0.2, 0.25) is 0 Å². The molecule has 0 aromatic heterocycles. The fourth-order valence-corrected chi connectivity index (χ4v) is 1.94. The number of nitrogens with one attached hydrogen (secondary N) is 1. The maximum Gasteiger partial charge on any atom is 0.194 e. The van der Waals surface area contributed by atoms with E-state index in [0.717, 1.165) is 25.6 Å². The molecule has 3 heteroatoms. The van der Waals surface area contributed by atoms with Gasteiger partial charge in [-0.2, -0.15) is 0 Å². The maximum atomic E-state index is 4.41. The van der Waals surface area contributed by atoms with Gasteiger partial charge in [-0.05, 0) is 25.0 Å². The molecule has 1 N–H and O–H groups in total. The van der Waals surface area contributed by atoms with E-state index in [1.165, 1.54) is 16.7 Å². The average Bonchev–Trinajstić information content (AvgIpc) is 2.63. The smallest absolute Gasteiger partial charge is 0.194 e. The minimum Gasteiger partial charge on any atom is -0.352 e. The number of aliphatic imine (C=N–C) groups is 1. The zero-order chi connectivity index (χ0) is 11.5. The number of nitrogens with zero attached hydrogens (tertiary/aromatic N) is 2. The van der Waals surface area contributed by atoms with Gasteiger partial charge in [-0.3, -0.25) is 4.99 Å². The first-order chi connectivity index (χ1) is 7.66. The van der Waals surface area contributed by atoms with Gasteiger partial charge in [-0.25, -0.2) is 0 Å². The van der Waals surface area contributed by atoms with Crippen molar-refractivity contribution in [3.63, 3.8) is 0 Å². The van der Waals surface area contributed by atoms with Crippen LogP contribution in [0.4, 0.5) is 0 Å². The van der Waals surface area contributed by atoms with Crippen molar-refractivity contribution < 1.29 is 0 Å². The zero-order valence-corrected chi connectivity index (χ0v) is 10.2. The molecule has 3 nitrogen and oxygen atoms in total. The lowest BCUT2D eigenvalue weighted by Gasteiger charge is -2.16. The summed E-state index contributed by atoms with van der Waals surface area (Å²) in [6.07, 6.45) is 0. The Morgan fingerprint density at radius 2 is 2.19 bits per heavy atom. The van der Waals surface area contributed by atoms with Crippen LogP contribution < -0.4 is 5.32 Å². The predicted molar refractivity (Wildman–Crippen MR) is 67.7 cm³/mol. The van der Waals surface area contributed by atoms with E-state index >= 15 is 0 Å². The SMILES string of the molecule is Cc1ccc(CNC2=NCCN2C)c(C)c1. The first kappa shape index (κ1) is 11.0. The van der Waals surface area contributed by atoms with Crippen LogP contribution in [0.5, 0.6) is 0 Å². The molecule has 1 aromatic carbocycles. The monoisotopic (exact) mass is 217 g/mol. The van der Waals surface area contributed by atoms with Crippen LogP contribution in [0.15, 0.2) is 23.2 Å². The highest BCUT2D eigenvalue weighted by molar-refractivity contribution is 5.81. The molecule has 1 heterocycles. The summed E-state index contributed by atoms with van der Waals surface area (Å²) in [4.78, 5) is 6.57. The Bertz CT molecular complexity index is 410. The van der Waals surface area contributed by atoms with Gasteiger partial charge >= 0.3 is 0 Å². The van der Waals surface area contributed by atoms with E-state index < -0.39 is 0 Å². The summed E-state index contributed by atoms with van der Waals surface area (Å²) in [5, 5.41) is 3.38. The second kappa shape index (κ2) is 4.56. The molecule has 0 atom stereocenters. The van der Waals surface area contributed by atoms with Crippen molar-refractivity contribution in [2.45, 2.75) is 20.4 Å². The summed E-state index contributed by atoms with van der Waals surface area (Å²) < 4.78 is 0. The van der Waals surface area contributed by atoms with Crippen LogP contribution in [-0.4, -0.2) is 31.0 Å². The second-order valence-electron chi connectivity index (χ2n) is 4.41. The van der Waals surface area contributed by atoms with Crippen molar-refractivity contribution in [1.82, 2.24) is 10.2 Å². The van der Waals surface area contributed by atoms with E-state index in [9.17, 15) is 0 Å². The maximum absolute atomic E-state index is 4.41. The van der Waals surface area contributed by atoms with Crippen molar-refractivity contribution in [3.8, 4) is 0 Å². The molecule has 1 aromatic rings. The first-order valence-corrected chi connectivity index (χ1v) is 5.72. The fourth-order valence-electron chi connectivity index (χ4n) is 1.94. The van der Waals surface area contributed by atoms with Gasteiger partial charge in [0.25, 0.3) is 0 Å². The Morgan fingerprint density at radius 1 is 1.38 bits per heavy atom. The Morgan fingerprint density at radius 3 is 2.81 bits per heavy atom. The third kappa shape index (κ3) is 2.35. The van der Waals surface area contributed by atoms with Gasteiger partial charge in [0.05, 0.1) is 6.54 Å². The Hall–Kier alpha value is -1.51. The van der Waals surface area contributed by atoms with Crippen LogP contribution in [0, 0.1) is 13.8 Å². The molecule has 2 rings (SSSR count). The molecule has 16 heavy (non-hydrogen) atoms. The number of benzene rings is 1. The second-order valence-corrected chi connectivity index (χ2v) is 4.41. The molecule has 0 saturated carbocycles. The molecule has 1 aliphatic heterocycles. The van der Waals surface area contributed by atoms with E-state index in [1.54, 1.807) is 0 Å². The van der Waals surface area contributed by atoms with Gasteiger partial charge in [-0.15, -0.1) is 0 Å². The van der Waals surface area contributed by atoms with Crippen LogP contribution in [0.25, 0.3) is 0 Å². The minimum absolute atomic E-state index is 0.856. The predicted octanol–water partition coefficient (Wildman–Crippen LogP) is 1.69. The molecule has 0 aliphatic carbocycles. The number of hydrogen-bond acceptors (Lipinski definition) is 3. The van der Waals surface area contributed by atoms with Crippen molar-refractivity contribution in [2.24, 2.45) is 4.99 Å². The van der Waals surface area contributed by atoms with Gasteiger partial charge in [0, 0.05) is 20.1 Å². The molecule has 1 aliphatic rings. The van der Waals surface area contributed by atoms with Crippen LogP contribution in [0.3, 0.4) is 0 Å². The summed E-state index contributed by atoms with van der Waals surface area (Å²) in [6, 6.07) is 6.56. The lowest BCUT2D eigenvalue weighted by atomic mass is 10.1. The van der Waals surface area contributed by atoms with E-state index in [4.69, 9.17) is 0 Å². The number of rotatable bonds is 2. The summed E-state index contributed by atoms with van der Waals surface area (Å²) in [6.45, 7) is 7.07. The molecular weight excluding hydrogens is 198 g/mol. The molecular formula is C13H19N3. The molecule has 0 spiro atoms. The zero-order valence-electron chi connectivity index (χ0n) is 10.2. The number of likely N-dealkylation sites (N-methyl/N-ethyl adjacent to an activating group) is 1. The highest BCUT2D eigenvalue weighted by Crippen LogP contribution is 2.10. The van der Waals surface area contributed by atoms with Gasteiger partial charge in [-0.1, -0.05) is 23.8 Å².